The molecule has 1 spiro atoms. The standard InChI is InChI=1S/C6H10N2O2/c9-7-8-2-1-6(3-8)4-10-5-6/h1-5H2. The minimum absolute atomic E-state index is 0.300. The molecule has 56 valence electrons. The van der Waals surface area contributed by atoms with Crippen molar-refractivity contribution in [1.82, 2.24) is 5.01 Å². The second-order valence-corrected chi connectivity index (χ2v) is 3.21. The fourth-order valence-electron chi connectivity index (χ4n) is 1.61. The van der Waals surface area contributed by atoms with Gasteiger partial charge in [-0.25, -0.2) is 0 Å². The van der Waals surface area contributed by atoms with Crippen LogP contribution in [0.25, 0.3) is 0 Å². The molecule has 0 saturated carbocycles. The molecular formula is C6H10N2O2. The van der Waals surface area contributed by atoms with Crippen LogP contribution in [0.2, 0.25) is 0 Å². The molecule has 2 heterocycles. The van der Waals surface area contributed by atoms with Gasteiger partial charge in [0.05, 0.1) is 18.5 Å². The second kappa shape index (κ2) is 1.92. The number of rotatable bonds is 1. The van der Waals surface area contributed by atoms with Gasteiger partial charge < -0.3 is 4.74 Å². The van der Waals surface area contributed by atoms with Crippen LogP contribution in [0.3, 0.4) is 0 Å². The zero-order chi connectivity index (χ0) is 7.03. The summed E-state index contributed by atoms with van der Waals surface area (Å²) in [4.78, 5) is 10.1. The van der Waals surface area contributed by atoms with Gasteiger partial charge >= 0.3 is 0 Å². The molecule has 0 aliphatic carbocycles. The van der Waals surface area contributed by atoms with Gasteiger partial charge in [0, 0.05) is 18.5 Å². The molecule has 2 aliphatic rings. The van der Waals surface area contributed by atoms with Crippen LogP contribution in [0.4, 0.5) is 0 Å². The number of ether oxygens (including phenoxy) is 1. The van der Waals surface area contributed by atoms with Crippen LogP contribution in [0.15, 0.2) is 5.29 Å². The average molecular weight is 142 g/mol. The van der Waals surface area contributed by atoms with Gasteiger partial charge in [0.15, 0.2) is 0 Å². The maximum Gasteiger partial charge on any atom is 0.0563 e. The van der Waals surface area contributed by atoms with Crippen LogP contribution in [-0.4, -0.2) is 31.3 Å². The normalized spacial score (nSPS) is 28.6. The predicted octanol–water partition coefficient (Wildman–Crippen LogP) is 0.390. The van der Waals surface area contributed by atoms with Crippen LogP contribution in [0, 0.1) is 10.3 Å². The van der Waals surface area contributed by atoms with E-state index in [0.29, 0.717) is 5.41 Å². The van der Waals surface area contributed by atoms with Gasteiger partial charge in [-0.1, -0.05) is 0 Å². The summed E-state index contributed by atoms with van der Waals surface area (Å²) in [5.74, 6) is 0. The van der Waals surface area contributed by atoms with Crippen molar-refractivity contribution in [3.8, 4) is 0 Å². The third kappa shape index (κ3) is 0.718. The number of hydrogen-bond acceptors (Lipinski definition) is 3. The maximum atomic E-state index is 10.1. The van der Waals surface area contributed by atoms with E-state index >= 15 is 0 Å². The molecular weight excluding hydrogens is 132 g/mol. The minimum Gasteiger partial charge on any atom is -0.380 e. The smallest absolute Gasteiger partial charge is 0.0563 e. The molecule has 2 saturated heterocycles. The lowest BCUT2D eigenvalue weighted by Crippen LogP contribution is -2.44. The molecule has 0 unspecified atom stereocenters. The fourth-order valence-corrected chi connectivity index (χ4v) is 1.61. The van der Waals surface area contributed by atoms with Crippen LogP contribution in [0.1, 0.15) is 6.42 Å². The van der Waals surface area contributed by atoms with E-state index in [1.165, 1.54) is 0 Å². The van der Waals surface area contributed by atoms with Crippen LogP contribution >= 0.6 is 0 Å². The first-order chi connectivity index (χ1) is 4.85. The van der Waals surface area contributed by atoms with Crippen molar-refractivity contribution in [1.29, 1.82) is 0 Å². The lowest BCUT2D eigenvalue weighted by molar-refractivity contribution is -0.104. The maximum absolute atomic E-state index is 10.1. The summed E-state index contributed by atoms with van der Waals surface area (Å²) in [7, 11) is 0. The Bertz CT molecular complexity index is 156. The van der Waals surface area contributed by atoms with Crippen molar-refractivity contribution < 1.29 is 4.74 Å². The first kappa shape index (κ1) is 6.09. The largest absolute Gasteiger partial charge is 0.380 e. The molecule has 0 aromatic rings. The van der Waals surface area contributed by atoms with E-state index in [1.807, 2.05) is 0 Å². The first-order valence-electron chi connectivity index (χ1n) is 3.51. The van der Waals surface area contributed by atoms with E-state index in [4.69, 9.17) is 4.74 Å². The van der Waals surface area contributed by atoms with E-state index in [0.717, 1.165) is 32.7 Å². The molecule has 0 atom stereocenters. The summed E-state index contributed by atoms with van der Waals surface area (Å²) in [6.45, 7) is 3.25. The fraction of sp³-hybridized carbons (Fsp3) is 1.00. The molecule has 0 aromatic carbocycles. The monoisotopic (exact) mass is 142 g/mol. The van der Waals surface area contributed by atoms with Crippen LogP contribution in [0.5, 0.6) is 0 Å². The molecule has 4 heteroatoms. The molecule has 2 rings (SSSR count). The summed E-state index contributed by atoms with van der Waals surface area (Å²) < 4.78 is 5.08. The highest BCUT2D eigenvalue weighted by atomic mass is 16.5. The second-order valence-electron chi connectivity index (χ2n) is 3.21. The van der Waals surface area contributed by atoms with Crippen LogP contribution < -0.4 is 0 Å². The quantitative estimate of drug-likeness (QED) is 0.497. The van der Waals surface area contributed by atoms with Crippen molar-refractivity contribution in [3.63, 3.8) is 0 Å². The van der Waals surface area contributed by atoms with Crippen molar-refractivity contribution in [2.45, 2.75) is 6.42 Å². The molecule has 2 aliphatic heterocycles. The van der Waals surface area contributed by atoms with Gasteiger partial charge in [0.2, 0.25) is 0 Å². The van der Waals surface area contributed by atoms with E-state index < -0.39 is 0 Å². The molecule has 2 fully saturated rings. The zero-order valence-electron chi connectivity index (χ0n) is 5.75. The molecule has 0 N–H and O–H groups in total. The van der Waals surface area contributed by atoms with Gasteiger partial charge in [-0.05, 0) is 6.42 Å². The Hall–Kier alpha value is -0.640. The lowest BCUT2D eigenvalue weighted by atomic mass is 9.85. The Morgan fingerprint density at radius 2 is 2.30 bits per heavy atom. The Morgan fingerprint density at radius 1 is 1.50 bits per heavy atom. The zero-order valence-corrected chi connectivity index (χ0v) is 5.75. The molecule has 4 nitrogen and oxygen atoms in total. The highest BCUT2D eigenvalue weighted by molar-refractivity contribution is 4.93. The van der Waals surface area contributed by atoms with E-state index in [-0.39, 0.29) is 0 Å². The summed E-state index contributed by atoms with van der Waals surface area (Å²) in [5, 5.41) is 4.48. The molecule has 0 amide bonds. The number of nitrogens with zero attached hydrogens (tertiary/aromatic N) is 2. The predicted molar refractivity (Wildman–Crippen MR) is 35.2 cm³/mol. The SMILES string of the molecule is O=NN1CCC2(COC2)C1. The Kier molecular flexibility index (Phi) is 1.17. The van der Waals surface area contributed by atoms with Crippen molar-refractivity contribution in [3.05, 3.63) is 4.91 Å². The van der Waals surface area contributed by atoms with Gasteiger partial charge in [0.1, 0.15) is 0 Å². The van der Waals surface area contributed by atoms with Gasteiger partial charge in [-0.2, -0.15) is 0 Å². The highest BCUT2D eigenvalue weighted by Gasteiger charge is 2.44. The number of hydrogen-bond donors (Lipinski definition) is 0. The highest BCUT2D eigenvalue weighted by Crippen LogP contribution is 2.37. The Balaban J connectivity index is 1.98. The summed E-state index contributed by atoms with van der Waals surface area (Å²) in [5.41, 5.74) is 0.300. The molecule has 0 aromatic heterocycles. The topological polar surface area (TPSA) is 41.9 Å². The minimum atomic E-state index is 0.300. The molecule has 0 radical (unpaired) electrons. The van der Waals surface area contributed by atoms with Gasteiger partial charge in [-0.3, -0.25) is 5.01 Å². The third-order valence-corrected chi connectivity index (χ3v) is 2.35. The third-order valence-electron chi connectivity index (χ3n) is 2.35. The Labute approximate surface area is 59.1 Å². The van der Waals surface area contributed by atoms with Crippen LogP contribution in [-0.2, 0) is 4.74 Å². The first-order valence-corrected chi connectivity index (χ1v) is 3.51. The van der Waals surface area contributed by atoms with Gasteiger partial charge in [-0.15, -0.1) is 4.91 Å². The average Bonchev–Trinajstić information content (AvgIpc) is 2.29. The van der Waals surface area contributed by atoms with E-state index in [9.17, 15) is 4.91 Å². The van der Waals surface area contributed by atoms with E-state index in [1.54, 1.807) is 5.01 Å². The van der Waals surface area contributed by atoms with Crippen molar-refractivity contribution >= 4 is 0 Å². The lowest BCUT2D eigenvalue weighted by Gasteiger charge is -2.36. The van der Waals surface area contributed by atoms with Crippen molar-refractivity contribution in [2.24, 2.45) is 10.7 Å². The van der Waals surface area contributed by atoms with E-state index in [2.05, 4.69) is 5.29 Å². The summed E-state index contributed by atoms with van der Waals surface area (Å²) >= 11 is 0. The van der Waals surface area contributed by atoms with Gasteiger partial charge in [0.25, 0.3) is 0 Å². The number of nitroso groups, excluding NO2 is 1. The summed E-state index contributed by atoms with van der Waals surface area (Å²) in [6, 6.07) is 0. The Morgan fingerprint density at radius 3 is 2.60 bits per heavy atom. The summed E-state index contributed by atoms with van der Waals surface area (Å²) in [6.07, 6.45) is 1.07. The molecule has 0 bridgehead atoms. The molecule has 10 heavy (non-hydrogen) atoms. The van der Waals surface area contributed by atoms with Crippen molar-refractivity contribution in [2.75, 3.05) is 26.3 Å².